The first-order chi connectivity index (χ1) is 11.5. The van der Waals surface area contributed by atoms with E-state index < -0.39 is 5.91 Å². The summed E-state index contributed by atoms with van der Waals surface area (Å²) < 4.78 is 10.3. The topological polar surface area (TPSA) is 118 Å². The third kappa shape index (κ3) is 5.00. The quantitative estimate of drug-likeness (QED) is 0.565. The Morgan fingerprint density at radius 2 is 2.08 bits per heavy atom. The third-order valence-corrected chi connectivity index (χ3v) is 3.08. The molecule has 1 aromatic carbocycles. The Balaban J connectivity index is 3.07. The normalized spacial score (nSPS) is 10.5. The van der Waals surface area contributed by atoms with Gasteiger partial charge in [-0.1, -0.05) is 0 Å². The number of rotatable bonds is 7. The lowest BCUT2D eigenvalue weighted by Crippen LogP contribution is -2.30. The van der Waals surface area contributed by atoms with E-state index in [0.717, 1.165) is 0 Å². The van der Waals surface area contributed by atoms with Crippen molar-refractivity contribution in [1.82, 2.24) is 4.90 Å². The summed E-state index contributed by atoms with van der Waals surface area (Å²) in [5.74, 6) is -0.0683. The van der Waals surface area contributed by atoms with Crippen molar-refractivity contribution in [3.63, 3.8) is 0 Å². The maximum atomic E-state index is 12.3. The Bertz CT molecular complexity index is 679. The average molecular weight is 332 g/mol. The van der Waals surface area contributed by atoms with Gasteiger partial charge in [-0.15, -0.1) is 0 Å². The molecule has 1 rings (SSSR count). The summed E-state index contributed by atoms with van der Waals surface area (Å²) in [5.41, 5.74) is 5.53. The first-order valence-corrected chi connectivity index (χ1v) is 7.09. The van der Waals surface area contributed by atoms with Gasteiger partial charge in [-0.2, -0.15) is 5.26 Å². The minimum atomic E-state index is -0.674. The van der Waals surface area contributed by atoms with Crippen molar-refractivity contribution >= 4 is 17.5 Å². The maximum absolute atomic E-state index is 12.3. The molecule has 0 unspecified atom stereocenters. The molecule has 0 radical (unpaired) electrons. The highest BCUT2D eigenvalue weighted by molar-refractivity contribution is 6.07. The second-order valence-electron chi connectivity index (χ2n) is 4.68. The Morgan fingerprint density at radius 1 is 1.38 bits per heavy atom. The van der Waals surface area contributed by atoms with Crippen LogP contribution in [0.3, 0.4) is 0 Å². The molecule has 8 nitrogen and oxygen atoms in total. The number of hydrogen-bond donors (Lipinski definition) is 2. The number of nitrogens with two attached hydrogens (primary N) is 1. The van der Waals surface area contributed by atoms with Crippen molar-refractivity contribution in [2.75, 3.05) is 32.6 Å². The van der Waals surface area contributed by atoms with Gasteiger partial charge in [-0.3, -0.25) is 9.59 Å². The van der Waals surface area contributed by atoms with Crippen LogP contribution in [-0.2, 0) is 9.59 Å². The van der Waals surface area contributed by atoms with Crippen molar-refractivity contribution in [2.24, 2.45) is 5.73 Å². The van der Waals surface area contributed by atoms with E-state index in [2.05, 4.69) is 5.32 Å². The van der Waals surface area contributed by atoms with Gasteiger partial charge in [0.1, 0.15) is 23.1 Å². The second-order valence-corrected chi connectivity index (χ2v) is 4.68. The highest BCUT2D eigenvalue weighted by Crippen LogP contribution is 2.29. The lowest BCUT2D eigenvalue weighted by molar-refractivity contribution is -0.126. The fraction of sp³-hybridized carbons (Fsp3) is 0.312. The zero-order valence-corrected chi connectivity index (χ0v) is 13.8. The Kier molecular flexibility index (Phi) is 7.26. The molecule has 128 valence electrons. The minimum absolute atomic E-state index is 0.205. The number of anilines is 1. The molecule has 3 N–H and O–H groups in total. The number of nitrogens with one attached hydrogen (secondary N) is 1. The van der Waals surface area contributed by atoms with E-state index in [9.17, 15) is 14.9 Å². The molecule has 0 atom stereocenters. The smallest absolute Gasteiger partial charge is 0.267 e. The number of nitriles is 1. The van der Waals surface area contributed by atoms with Crippen LogP contribution in [-0.4, -0.2) is 44.0 Å². The summed E-state index contributed by atoms with van der Waals surface area (Å²) in [6, 6.07) is 6.64. The predicted octanol–water partition coefficient (Wildman–Crippen LogP) is 0.857. The zero-order chi connectivity index (χ0) is 18.1. The molecule has 8 heteroatoms. The van der Waals surface area contributed by atoms with Crippen LogP contribution in [0.5, 0.6) is 11.5 Å². The summed E-state index contributed by atoms with van der Waals surface area (Å²) in [6.45, 7) is 1.74. The Morgan fingerprint density at radius 3 is 2.58 bits per heavy atom. The molecule has 0 fully saturated rings. The van der Waals surface area contributed by atoms with Gasteiger partial charge >= 0.3 is 0 Å². The van der Waals surface area contributed by atoms with Gasteiger partial charge in [-0.25, -0.2) is 0 Å². The van der Waals surface area contributed by atoms with E-state index >= 15 is 0 Å². The molecule has 0 saturated heterocycles. The van der Waals surface area contributed by atoms with Crippen molar-refractivity contribution in [3.8, 4) is 17.6 Å². The van der Waals surface area contributed by atoms with Crippen LogP contribution in [0.1, 0.15) is 6.92 Å². The number of methoxy groups -OCH3 is 2. The van der Waals surface area contributed by atoms with Crippen LogP contribution < -0.4 is 20.5 Å². The number of nitrogens with zero attached hydrogens (tertiary/aromatic N) is 2. The molecule has 0 spiro atoms. The molecule has 0 aliphatic heterocycles. The standard InChI is InChI=1S/C16H20N4O4/c1-11(21)20(7-6-17)10-12(9-18)16(22)19-14-8-13(23-2)4-5-15(14)24-3/h4-5,8,10H,6-7,17H2,1-3H3,(H,19,22)/b12-10-. The summed E-state index contributed by atoms with van der Waals surface area (Å²) in [7, 11) is 2.95. The van der Waals surface area contributed by atoms with Crippen LogP contribution in [0.4, 0.5) is 5.69 Å². The van der Waals surface area contributed by atoms with E-state index in [4.69, 9.17) is 15.2 Å². The van der Waals surface area contributed by atoms with E-state index in [1.54, 1.807) is 24.3 Å². The minimum Gasteiger partial charge on any atom is -0.497 e. The highest BCUT2D eigenvalue weighted by atomic mass is 16.5. The SMILES string of the molecule is COc1ccc(OC)c(NC(=O)/C(C#N)=C\N(CCN)C(C)=O)c1. The number of carbonyl (C=O) groups is 2. The van der Waals surface area contributed by atoms with Crippen LogP contribution in [0, 0.1) is 11.3 Å². The largest absolute Gasteiger partial charge is 0.497 e. The lowest BCUT2D eigenvalue weighted by Gasteiger charge is -2.16. The number of benzene rings is 1. The van der Waals surface area contributed by atoms with Crippen molar-refractivity contribution in [3.05, 3.63) is 30.0 Å². The van der Waals surface area contributed by atoms with Crippen LogP contribution >= 0.6 is 0 Å². The first-order valence-electron chi connectivity index (χ1n) is 7.09. The summed E-state index contributed by atoms with van der Waals surface area (Å²) >= 11 is 0. The summed E-state index contributed by atoms with van der Waals surface area (Å²) in [6.07, 6.45) is 1.18. The molecule has 24 heavy (non-hydrogen) atoms. The summed E-state index contributed by atoms with van der Waals surface area (Å²) in [4.78, 5) is 25.0. The van der Waals surface area contributed by atoms with E-state index in [-0.39, 0.29) is 24.6 Å². The monoisotopic (exact) mass is 332 g/mol. The van der Waals surface area contributed by atoms with Gasteiger partial charge in [0.25, 0.3) is 5.91 Å². The first kappa shape index (κ1) is 19.0. The number of hydrogen-bond acceptors (Lipinski definition) is 6. The molecule has 0 bridgehead atoms. The van der Waals surface area contributed by atoms with Gasteiger partial charge in [0, 0.05) is 32.3 Å². The second kappa shape index (κ2) is 9.17. The molecule has 0 aliphatic rings. The molecule has 0 heterocycles. The van der Waals surface area contributed by atoms with Gasteiger partial charge < -0.3 is 25.4 Å². The molecule has 2 amide bonds. The van der Waals surface area contributed by atoms with E-state index in [0.29, 0.717) is 17.2 Å². The maximum Gasteiger partial charge on any atom is 0.267 e. The zero-order valence-electron chi connectivity index (χ0n) is 13.8. The van der Waals surface area contributed by atoms with Gasteiger partial charge in [0.2, 0.25) is 5.91 Å². The molecule has 0 saturated carbocycles. The predicted molar refractivity (Wildman–Crippen MR) is 88.3 cm³/mol. The molecule has 1 aromatic rings. The van der Waals surface area contributed by atoms with Gasteiger partial charge in [-0.05, 0) is 12.1 Å². The van der Waals surface area contributed by atoms with Crippen molar-refractivity contribution in [1.29, 1.82) is 5.26 Å². The molecule has 0 aliphatic carbocycles. The molecular formula is C16H20N4O4. The lowest BCUT2D eigenvalue weighted by atomic mass is 10.2. The third-order valence-electron chi connectivity index (χ3n) is 3.08. The Labute approximate surface area is 140 Å². The fourth-order valence-electron chi connectivity index (χ4n) is 1.85. The number of ether oxygens (including phenoxy) is 2. The molecule has 0 aromatic heterocycles. The van der Waals surface area contributed by atoms with Crippen LogP contribution in [0.15, 0.2) is 30.0 Å². The average Bonchev–Trinajstić information content (AvgIpc) is 2.58. The van der Waals surface area contributed by atoms with E-state index in [1.807, 2.05) is 0 Å². The number of carbonyl (C=O) groups excluding carboxylic acids is 2. The fourth-order valence-corrected chi connectivity index (χ4v) is 1.85. The van der Waals surface area contributed by atoms with Crippen LogP contribution in [0.2, 0.25) is 0 Å². The van der Waals surface area contributed by atoms with Crippen LogP contribution in [0.25, 0.3) is 0 Å². The highest BCUT2D eigenvalue weighted by Gasteiger charge is 2.16. The van der Waals surface area contributed by atoms with Crippen molar-refractivity contribution < 1.29 is 19.1 Å². The molecular weight excluding hydrogens is 312 g/mol. The van der Waals surface area contributed by atoms with Gasteiger partial charge in [0.15, 0.2) is 0 Å². The number of amides is 2. The van der Waals surface area contributed by atoms with Crippen molar-refractivity contribution in [2.45, 2.75) is 6.92 Å². The van der Waals surface area contributed by atoms with Gasteiger partial charge in [0.05, 0.1) is 19.9 Å². The summed E-state index contributed by atoms with van der Waals surface area (Å²) in [5, 5.41) is 11.8. The Hall–Kier alpha value is -3.05. The van der Waals surface area contributed by atoms with E-state index in [1.165, 1.54) is 32.2 Å².